The second-order valence-corrected chi connectivity index (χ2v) is 17.4. The number of carbonyl (C=O) groups excluding carboxylic acids is 3. The van der Waals surface area contributed by atoms with Crippen molar-refractivity contribution in [2.24, 2.45) is 28.7 Å². The maximum Gasteiger partial charge on any atom is 0.316 e. The molecule has 4 heterocycles. The SMILES string of the molecule is CC[C@H]1OC(=O)[C@H](C)C(=O)[C@H](C)[C@@H](O[C@@H]2O[C@H](C)C[C@H](N(C)C)[C@H]2O)[C@@]2(C)C[C@@H](C)C(=NC(C)=O)[C@H](C)[C@@H](OCC(NOCc3ccc4oc(N)nc4c3)CO2)[C@]1(C)O. The number of oxazole rings is 1. The quantitative estimate of drug-likeness (QED) is 0.170. The lowest BCUT2D eigenvalue weighted by Gasteiger charge is -2.47. The van der Waals surface area contributed by atoms with E-state index in [1.54, 1.807) is 32.9 Å². The number of hydrogen-bond donors (Lipinski definition) is 4. The second-order valence-electron chi connectivity index (χ2n) is 17.4. The van der Waals surface area contributed by atoms with Gasteiger partial charge in [0.25, 0.3) is 6.01 Å². The number of anilines is 1. The third-order valence-electron chi connectivity index (χ3n) is 12.2. The van der Waals surface area contributed by atoms with Crippen LogP contribution in [0.4, 0.5) is 6.01 Å². The Balaban J connectivity index is 1.62. The third-order valence-corrected chi connectivity index (χ3v) is 12.2. The van der Waals surface area contributed by atoms with Crippen LogP contribution in [0.25, 0.3) is 11.1 Å². The number of amides is 1. The van der Waals surface area contributed by atoms with Gasteiger partial charge in [-0.25, -0.2) is 4.99 Å². The van der Waals surface area contributed by atoms with E-state index in [9.17, 15) is 24.6 Å². The molecule has 1 aromatic carbocycles. The van der Waals surface area contributed by atoms with Gasteiger partial charge in [0.15, 0.2) is 17.7 Å². The molecule has 0 spiro atoms. The number of likely N-dealkylation sites (N-methyl/N-ethyl adjacent to an activating group) is 1. The summed E-state index contributed by atoms with van der Waals surface area (Å²) in [6.07, 6.45) is -5.03. The van der Waals surface area contributed by atoms with Crippen LogP contribution >= 0.6 is 0 Å². The number of aliphatic hydroxyl groups is 2. The number of rotatable bonds is 8. The van der Waals surface area contributed by atoms with Crippen LogP contribution in [0, 0.1) is 23.7 Å². The van der Waals surface area contributed by atoms with Crippen molar-refractivity contribution in [3.63, 3.8) is 0 Å². The third kappa shape index (κ3) is 10.6. The fourth-order valence-electron chi connectivity index (χ4n) is 9.03. The molecule has 2 bridgehead atoms. The number of nitrogens with two attached hydrogens (primary N) is 1. The Bertz CT molecular complexity index is 1820. The first-order valence-corrected chi connectivity index (χ1v) is 20.7. The molecule has 3 aliphatic heterocycles. The minimum atomic E-state index is -1.84. The van der Waals surface area contributed by atoms with Crippen molar-refractivity contribution in [1.29, 1.82) is 0 Å². The summed E-state index contributed by atoms with van der Waals surface area (Å²) in [4.78, 5) is 57.9. The molecule has 59 heavy (non-hydrogen) atoms. The number of benzene rings is 1. The van der Waals surface area contributed by atoms with Crippen LogP contribution in [0.3, 0.4) is 0 Å². The summed E-state index contributed by atoms with van der Waals surface area (Å²) in [5.41, 5.74) is 7.91. The first kappa shape index (κ1) is 46.7. The number of ether oxygens (including phenoxy) is 5. The molecule has 330 valence electrons. The van der Waals surface area contributed by atoms with Gasteiger partial charge in [-0.15, -0.1) is 0 Å². The molecule has 1 unspecified atom stereocenters. The van der Waals surface area contributed by atoms with Crippen molar-refractivity contribution in [2.75, 3.05) is 33.0 Å². The molecule has 5 N–H and O–H groups in total. The van der Waals surface area contributed by atoms with Gasteiger partial charge in [0.1, 0.15) is 29.2 Å². The first-order chi connectivity index (χ1) is 27.7. The topological polar surface area (TPSA) is 227 Å². The summed E-state index contributed by atoms with van der Waals surface area (Å²) in [7, 11) is 3.73. The lowest BCUT2D eigenvalue weighted by Crippen LogP contribution is -2.60. The molecule has 3 fully saturated rings. The number of nitrogens with one attached hydrogen (secondary N) is 1. The highest BCUT2D eigenvalue weighted by atomic mass is 16.7. The number of esters is 1. The molecule has 0 radical (unpaired) electrons. The molecule has 2 aromatic rings. The number of hydrogen-bond acceptors (Lipinski definition) is 16. The Morgan fingerprint density at radius 1 is 1.12 bits per heavy atom. The minimum Gasteiger partial charge on any atom is -0.459 e. The number of hydroxylamine groups is 1. The van der Waals surface area contributed by atoms with Gasteiger partial charge < -0.3 is 48.9 Å². The van der Waals surface area contributed by atoms with Crippen molar-refractivity contribution in [2.45, 2.75) is 148 Å². The summed E-state index contributed by atoms with van der Waals surface area (Å²) in [6, 6.07) is 4.40. The lowest BCUT2D eigenvalue weighted by molar-refractivity contribution is -0.298. The largest absolute Gasteiger partial charge is 0.459 e. The fraction of sp³-hybridized carbons (Fsp3) is 0.738. The van der Waals surface area contributed by atoms with Crippen LogP contribution < -0.4 is 11.2 Å². The van der Waals surface area contributed by atoms with E-state index in [0.717, 1.165) is 5.56 Å². The normalized spacial score (nSPS) is 38.8. The number of cyclic esters (lactones) is 1. The first-order valence-electron chi connectivity index (χ1n) is 20.7. The molecule has 0 aliphatic carbocycles. The number of Topliss-reactive ketones (excluding diaryl/α,β-unsaturated/α-hetero) is 1. The standard InChI is InChI=1S/C42H65N5O12/c1-12-32-42(9,52)37-23(4)33(44-26(7)48)21(2)17-41(8,54-20-28(19-53-37)46-55-18-27-13-14-31-29(16-27)45-40(43)57-31)36(24(5)34(49)25(6)38(51)58-32)59-39-35(50)30(47(10)11)15-22(3)56-39/h13-14,16,21-25,28,30,32,35-37,39,46,50,52H,12,15,17-20H2,1-11H3,(H2,43,45)/t21-,22-,23+,24+,25-,28?,30+,32-,35-,36-,37-,39+,41-,42-/m1/s1. The van der Waals surface area contributed by atoms with E-state index >= 15 is 0 Å². The van der Waals surface area contributed by atoms with Crippen LogP contribution in [-0.4, -0.2) is 131 Å². The Morgan fingerprint density at radius 2 is 1.83 bits per heavy atom. The van der Waals surface area contributed by atoms with E-state index in [2.05, 4.69) is 15.5 Å². The summed E-state index contributed by atoms with van der Waals surface area (Å²) in [5, 5.41) is 24.1. The van der Waals surface area contributed by atoms with E-state index in [4.69, 9.17) is 38.7 Å². The van der Waals surface area contributed by atoms with Crippen LogP contribution in [0.5, 0.6) is 0 Å². The van der Waals surface area contributed by atoms with Gasteiger partial charge in [-0.05, 0) is 84.7 Å². The molecule has 1 aromatic heterocycles. The fourth-order valence-corrected chi connectivity index (χ4v) is 9.03. The zero-order valence-corrected chi connectivity index (χ0v) is 36.3. The van der Waals surface area contributed by atoms with E-state index < -0.39 is 89.3 Å². The maximum atomic E-state index is 14.5. The molecular weight excluding hydrogens is 766 g/mol. The van der Waals surface area contributed by atoms with Crippen molar-refractivity contribution in [1.82, 2.24) is 15.4 Å². The average molecular weight is 832 g/mol. The number of nitrogen functional groups attached to an aromatic ring is 1. The van der Waals surface area contributed by atoms with Crippen LogP contribution in [0.2, 0.25) is 0 Å². The molecule has 1 amide bonds. The van der Waals surface area contributed by atoms with Crippen LogP contribution in [0.1, 0.15) is 87.1 Å². The van der Waals surface area contributed by atoms with Gasteiger partial charge in [0.2, 0.25) is 5.91 Å². The van der Waals surface area contributed by atoms with Crippen LogP contribution in [-0.2, 0) is 49.5 Å². The highest BCUT2D eigenvalue weighted by Crippen LogP contribution is 2.40. The number of aliphatic imine (C=N–C) groups is 1. The number of nitrogens with zero attached hydrogens (tertiary/aromatic N) is 3. The minimum absolute atomic E-state index is 0.0521. The number of carbonyl (C=O) groups is 3. The number of aliphatic hydroxyl groups excluding tert-OH is 1. The zero-order chi connectivity index (χ0) is 43.6. The Kier molecular flexibility index (Phi) is 15.1. The summed E-state index contributed by atoms with van der Waals surface area (Å²) in [6.45, 7) is 15.1. The van der Waals surface area contributed by atoms with Gasteiger partial charge in [-0.1, -0.05) is 33.8 Å². The zero-order valence-electron chi connectivity index (χ0n) is 36.3. The maximum absolute atomic E-state index is 14.5. The molecule has 17 heteroatoms. The van der Waals surface area contributed by atoms with E-state index in [1.165, 1.54) is 20.8 Å². The smallest absolute Gasteiger partial charge is 0.316 e. The molecule has 3 aliphatic rings. The molecule has 14 atom stereocenters. The van der Waals surface area contributed by atoms with Crippen LogP contribution in [0.15, 0.2) is 27.6 Å². The Labute approximate surface area is 346 Å². The Morgan fingerprint density at radius 3 is 2.49 bits per heavy atom. The lowest BCUT2D eigenvalue weighted by atomic mass is 9.73. The van der Waals surface area contributed by atoms with Crippen molar-refractivity contribution in [3.8, 4) is 0 Å². The predicted molar refractivity (Wildman–Crippen MR) is 217 cm³/mol. The second kappa shape index (κ2) is 19.1. The van der Waals surface area contributed by atoms with Gasteiger partial charge in [0, 0.05) is 30.5 Å². The highest BCUT2D eigenvalue weighted by Gasteiger charge is 2.53. The number of fused-ring (bicyclic) bond motifs is 6. The number of aromatic nitrogens is 1. The molecule has 0 saturated carbocycles. The predicted octanol–water partition coefficient (Wildman–Crippen LogP) is 3.36. The monoisotopic (exact) mass is 831 g/mol. The van der Waals surface area contributed by atoms with Crippen molar-refractivity contribution in [3.05, 3.63) is 23.8 Å². The Hall–Kier alpha value is -3.39. The molecule has 5 rings (SSSR count). The van der Waals surface area contributed by atoms with Crippen molar-refractivity contribution < 1.29 is 57.5 Å². The highest BCUT2D eigenvalue weighted by molar-refractivity contribution is 6.00. The number of ketones is 1. The van der Waals surface area contributed by atoms with Gasteiger partial charge >= 0.3 is 5.97 Å². The van der Waals surface area contributed by atoms with Gasteiger partial charge in [-0.2, -0.15) is 10.5 Å². The summed E-state index contributed by atoms with van der Waals surface area (Å²) in [5.74, 6) is -5.27. The van der Waals surface area contributed by atoms with Gasteiger partial charge in [0.05, 0.1) is 49.8 Å². The van der Waals surface area contributed by atoms with Gasteiger partial charge in [-0.3, -0.25) is 19.2 Å². The van der Waals surface area contributed by atoms with E-state index in [-0.39, 0.29) is 50.8 Å². The molecule has 17 nitrogen and oxygen atoms in total. The summed E-state index contributed by atoms with van der Waals surface area (Å²) >= 11 is 0. The summed E-state index contributed by atoms with van der Waals surface area (Å²) < 4.78 is 38.0. The molecule has 3 saturated heterocycles. The average Bonchev–Trinajstić information content (AvgIpc) is 3.54. The van der Waals surface area contributed by atoms with E-state index in [1.807, 2.05) is 45.8 Å². The van der Waals surface area contributed by atoms with E-state index in [0.29, 0.717) is 23.2 Å². The van der Waals surface area contributed by atoms with Crippen molar-refractivity contribution >= 4 is 40.5 Å². The molecular formula is C42H65N5O12.